The highest BCUT2D eigenvalue weighted by molar-refractivity contribution is 5.95. The topological polar surface area (TPSA) is 57.6 Å². The molecule has 0 saturated heterocycles. The van der Waals surface area contributed by atoms with Gasteiger partial charge in [-0.25, -0.2) is 4.79 Å². The van der Waals surface area contributed by atoms with Gasteiger partial charge in [-0.1, -0.05) is 12.1 Å². The molecule has 0 bridgehead atoms. The van der Waals surface area contributed by atoms with E-state index >= 15 is 0 Å². The first-order valence-electron chi connectivity index (χ1n) is 6.44. The average molecular weight is 259 g/mol. The van der Waals surface area contributed by atoms with Gasteiger partial charge < -0.3 is 10.0 Å². The van der Waals surface area contributed by atoms with E-state index in [2.05, 4.69) is 0 Å². The van der Waals surface area contributed by atoms with E-state index < -0.39 is 5.97 Å². The van der Waals surface area contributed by atoms with Gasteiger partial charge in [-0.15, -0.1) is 0 Å². The van der Waals surface area contributed by atoms with Crippen LogP contribution in [0, 0.1) is 0 Å². The zero-order chi connectivity index (χ0) is 13.8. The molecule has 0 radical (unpaired) electrons. The third-order valence-corrected chi connectivity index (χ3v) is 3.17. The maximum atomic E-state index is 12.2. The minimum atomic E-state index is -0.981. The molecule has 1 aliphatic carbocycles. The highest BCUT2D eigenvalue weighted by Crippen LogP contribution is 2.27. The van der Waals surface area contributed by atoms with Crippen LogP contribution in [0.5, 0.6) is 0 Å². The van der Waals surface area contributed by atoms with Crippen molar-refractivity contribution in [2.24, 2.45) is 0 Å². The van der Waals surface area contributed by atoms with Crippen LogP contribution >= 0.6 is 0 Å². The quantitative estimate of drug-likeness (QED) is 0.826. The Morgan fingerprint density at radius 1 is 1.32 bits per heavy atom. The maximum Gasteiger partial charge on any atom is 0.328 e. The second-order valence-electron chi connectivity index (χ2n) is 4.62. The summed E-state index contributed by atoms with van der Waals surface area (Å²) in [5.41, 5.74) is 1.43. The van der Waals surface area contributed by atoms with Gasteiger partial charge in [-0.2, -0.15) is 0 Å². The summed E-state index contributed by atoms with van der Waals surface area (Å²) in [6, 6.07) is 7.41. The fourth-order valence-corrected chi connectivity index (χ4v) is 2.02. The Morgan fingerprint density at radius 2 is 1.95 bits per heavy atom. The number of nitrogens with zero attached hydrogens (tertiary/aromatic N) is 1. The van der Waals surface area contributed by atoms with Crippen molar-refractivity contribution in [3.05, 3.63) is 41.5 Å². The Kier molecular flexibility index (Phi) is 4.00. The summed E-state index contributed by atoms with van der Waals surface area (Å²) < 4.78 is 0. The van der Waals surface area contributed by atoms with Crippen molar-refractivity contribution in [1.82, 2.24) is 4.90 Å². The van der Waals surface area contributed by atoms with Crippen LogP contribution in [0.15, 0.2) is 30.3 Å². The number of amides is 1. The fraction of sp³-hybridized carbons (Fsp3) is 0.333. The molecule has 1 aromatic rings. The van der Waals surface area contributed by atoms with E-state index in [0.29, 0.717) is 11.6 Å². The molecule has 1 N–H and O–H groups in total. The van der Waals surface area contributed by atoms with Gasteiger partial charge in [0.05, 0.1) is 0 Å². The van der Waals surface area contributed by atoms with Crippen LogP contribution in [0.1, 0.15) is 35.7 Å². The van der Waals surface area contributed by atoms with E-state index in [1.165, 1.54) is 6.08 Å². The van der Waals surface area contributed by atoms with Gasteiger partial charge in [-0.3, -0.25) is 4.79 Å². The summed E-state index contributed by atoms with van der Waals surface area (Å²) in [5, 5.41) is 8.54. The maximum absolute atomic E-state index is 12.2. The lowest BCUT2D eigenvalue weighted by molar-refractivity contribution is -0.131. The van der Waals surface area contributed by atoms with Crippen molar-refractivity contribution < 1.29 is 14.7 Å². The molecular weight excluding hydrogens is 242 g/mol. The standard InChI is InChI=1S/C15H17NO3/c1-2-16(13-8-9-13)15(19)12-6-3-11(4-7-12)5-10-14(17)18/h3-7,10,13H,2,8-9H2,1H3,(H,17,18). The summed E-state index contributed by atoms with van der Waals surface area (Å²) in [6.07, 6.45) is 4.78. The molecule has 19 heavy (non-hydrogen) atoms. The number of carboxylic acid groups (broad SMARTS) is 1. The number of carbonyl (C=O) groups is 2. The Balaban J connectivity index is 2.09. The molecular formula is C15H17NO3. The first-order valence-corrected chi connectivity index (χ1v) is 6.44. The SMILES string of the molecule is CCN(C(=O)c1ccc(C=CC(=O)O)cc1)C1CC1. The van der Waals surface area contributed by atoms with Crippen molar-refractivity contribution in [2.45, 2.75) is 25.8 Å². The van der Waals surface area contributed by atoms with Crippen LogP contribution in [-0.2, 0) is 4.79 Å². The molecule has 100 valence electrons. The minimum absolute atomic E-state index is 0.0544. The molecule has 0 heterocycles. The van der Waals surface area contributed by atoms with Crippen molar-refractivity contribution >= 4 is 18.0 Å². The van der Waals surface area contributed by atoms with Crippen LogP contribution < -0.4 is 0 Å². The van der Waals surface area contributed by atoms with Crippen molar-refractivity contribution in [3.63, 3.8) is 0 Å². The Hall–Kier alpha value is -2.10. The minimum Gasteiger partial charge on any atom is -0.478 e. The summed E-state index contributed by atoms with van der Waals surface area (Å²) in [5.74, 6) is -0.926. The smallest absolute Gasteiger partial charge is 0.328 e. The second kappa shape index (κ2) is 5.69. The summed E-state index contributed by atoms with van der Waals surface area (Å²) in [7, 11) is 0. The third kappa shape index (κ3) is 3.44. The lowest BCUT2D eigenvalue weighted by Gasteiger charge is -2.20. The predicted octanol–water partition coefficient (Wildman–Crippen LogP) is 2.41. The molecule has 4 heteroatoms. The molecule has 0 aliphatic heterocycles. The van der Waals surface area contributed by atoms with E-state index in [-0.39, 0.29) is 5.91 Å². The largest absolute Gasteiger partial charge is 0.478 e. The van der Waals surface area contributed by atoms with E-state index in [0.717, 1.165) is 31.0 Å². The van der Waals surface area contributed by atoms with Gasteiger partial charge in [0.15, 0.2) is 0 Å². The first kappa shape index (κ1) is 13.3. The highest BCUT2D eigenvalue weighted by Gasteiger charge is 2.31. The zero-order valence-corrected chi connectivity index (χ0v) is 10.9. The molecule has 1 fully saturated rings. The lowest BCUT2D eigenvalue weighted by Crippen LogP contribution is -2.32. The molecule has 0 aromatic heterocycles. The number of benzene rings is 1. The van der Waals surface area contributed by atoms with Crippen LogP contribution in [0.4, 0.5) is 0 Å². The van der Waals surface area contributed by atoms with E-state index in [9.17, 15) is 9.59 Å². The Morgan fingerprint density at radius 3 is 2.42 bits per heavy atom. The van der Waals surface area contributed by atoms with Crippen LogP contribution in [0.2, 0.25) is 0 Å². The number of carbonyl (C=O) groups excluding carboxylic acids is 1. The lowest BCUT2D eigenvalue weighted by atomic mass is 10.1. The van der Waals surface area contributed by atoms with Gasteiger partial charge in [0.25, 0.3) is 5.91 Å². The van der Waals surface area contributed by atoms with Crippen molar-refractivity contribution in [3.8, 4) is 0 Å². The summed E-state index contributed by atoms with van der Waals surface area (Å²) in [4.78, 5) is 24.5. The zero-order valence-electron chi connectivity index (χ0n) is 10.9. The number of aliphatic carboxylic acids is 1. The van der Waals surface area contributed by atoms with Crippen molar-refractivity contribution in [1.29, 1.82) is 0 Å². The summed E-state index contributed by atoms with van der Waals surface area (Å²) >= 11 is 0. The van der Waals surface area contributed by atoms with Gasteiger partial charge in [0, 0.05) is 24.2 Å². The van der Waals surface area contributed by atoms with Crippen LogP contribution in [0.25, 0.3) is 6.08 Å². The Labute approximate surface area is 112 Å². The van der Waals surface area contributed by atoms with Gasteiger partial charge >= 0.3 is 5.97 Å². The van der Waals surface area contributed by atoms with E-state index in [1.807, 2.05) is 11.8 Å². The molecule has 4 nitrogen and oxygen atoms in total. The second-order valence-corrected chi connectivity index (χ2v) is 4.62. The molecule has 1 aromatic carbocycles. The molecule has 0 atom stereocenters. The van der Waals surface area contributed by atoms with Gasteiger partial charge in [0.2, 0.25) is 0 Å². The monoisotopic (exact) mass is 259 g/mol. The molecule has 1 saturated carbocycles. The van der Waals surface area contributed by atoms with E-state index in [1.54, 1.807) is 24.3 Å². The van der Waals surface area contributed by atoms with Gasteiger partial charge in [-0.05, 0) is 43.5 Å². The summed E-state index contributed by atoms with van der Waals surface area (Å²) in [6.45, 7) is 2.71. The average Bonchev–Trinajstić information content (AvgIpc) is 3.22. The highest BCUT2D eigenvalue weighted by atomic mass is 16.4. The normalized spacial score (nSPS) is 14.6. The van der Waals surface area contributed by atoms with Crippen molar-refractivity contribution in [2.75, 3.05) is 6.54 Å². The molecule has 1 amide bonds. The predicted molar refractivity (Wildman–Crippen MR) is 72.8 cm³/mol. The molecule has 2 rings (SSSR count). The molecule has 1 aliphatic rings. The van der Waals surface area contributed by atoms with E-state index in [4.69, 9.17) is 5.11 Å². The fourth-order valence-electron chi connectivity index (χ4n) is 2.02. The van der Waals surface area contributed by atoms with Crippen LogP contribution in [-0.4, -0.2) is 34.5 Å². The Bertz CT molecular complexity index is 501. The van der Waals surface area contributed by atoms with Gasteiger partial charge in [0.1, 0.15) is 0 Å². The first-order chi connectivity index (χ1) is 9.11. The molecule has 0 unspecified atom stereocenters. The number of carboxylic acids is 1. The molecule has 0 spiro atoms. The number of hydrogen-bond donors (Lipinski definition) is 1. The third-order valence-electron chi connectivity index (χ3n) is 3.17. The number of rotatable bonds is 5. The van der Waals surface area contributed by atoms with Crippen LogP contribution in [0.3, 0.4) is 0 Å². The number of hydrogen-bond acceptors (Lipinski definition) is 2.